The van der Waals surface area contributed by atoms with Crippen molar-refractivity contribution in [1.82, 2.24) is 20.2 Å². The van der Waals surface area contributed by atoms with Crippen molar-refractivity contribution in [3.63, 3.8) is 0 Å². The number of piperidine rings is 1. The zero-order chi connectivity index (χ0) is 21.4. The molecular formula is C24H29N5O2. The van der Waals surface area contributed by atoms with E-state index in [-0.39, 0.29) is 18.4 Å². The quantitative estimate of drug-likeness (QED) is 0.622. The molecular weight excluding hydrogens is 390 g/mol. The van der Waals surface area contributed by atoms with Gasteiger partial charge in [-0.3, -0.25) is 9.69 Å². The summed E-state index contributed by atoms with van der Waals surface area (Å²) < 4.78 is 0. The molecule has 2 saturated heterocycles. The fraction of sp³-hybridized carbons (Fsp3) is 0.375. The van der Waals surface area contributed by atoms with Crippen LogP contribution in [0.5, 0.6) is 5.75 Å². The first-order chi connectivity index (χ1) is 15.1. The van der Waals surface area contributed by atoms with Crippen molar-refractivity contribution in [2.45, 2.75) is 31.7 Å². The number of likely N-dealkylation sites (tertiary alicyclic amines) is 1. The van der Waals surface area contributed by atoms with E-state index in [9.17, 15) is 9.90 Å². The van der Waals surface area contributed by atoms with E-state index in [1.54, 1.807) is 23.2 Å². The minimum atomic E-state index is -0.342. The Bertz CT molecular complexity index is 954. The van der Waals surface area contributed by atoms with Crippen LogP contribution in [0.1, 0.15) is 30.1 Å². The monoisotopic (exact) mass is 419 g/mol. The summed E-state index contributed by atoms with van der Waals surface area (Å²) in [7, 11) is 0. The molecule has 4 N–H and O–H groups in total. The minimum absolute atomic E-state index is 0.00709. The topological polar surface area (TPSA) is 84.6 Å². The molecule has 3 heterocycles. The van der Waals surface area contributed by atoms with Gasteiger partial charge in [-0.1, -0.05) is 42.5 Å². The maximum atomic E-state index is 12.6. The van der Waals surface area contributed by atoms with Crippen molar-refractivity contribution < 1.29 is 9.90 Å². The SMILES string of the molecule is NC(c1ccccc1)[N@]1C2NC(CN3CCC(Cc4ccc(O)cc4)CC3)=CC(=O)N21. The average Bonchev–Trinajstić information content (AvgIpc) is 3.52. The van der Waals surface area contributed by atoms with E-state index < -0.39 is 0 Å². The first-order valence-electron chi connectivity index (χ1n) is 11.0. The van der Waals surface area contributed by atoms with Gasteiger partial charge in [0.1, 0.15) is 11.9 Å². The Morgan fingerprint density at radius 1 is 1.06 bits per heavy atom. The number of carbonyl (C=O) groups excluding carboxylic acids is 1. The van der Waals surface area contributed by atoms with E-state index in [4.69, 9.17) is 5.73 Å². The lowest BCUT2D eigenvalue weighted by Gasteiger charge is -2.33. The molecule has 0 saturated carbocycles. The fourth-order valence-corrected chi connectivity index (χ4v) is 4.70. The van der Waals surface area contributed by atoms with Crippen LogP contribution in [0.4, 0.5) is 0 Å². The van der Waals surface area contributed by atoms with Gasteiger partial charge in [-0.05, 0) is 61.5 Å². The number of nitrogens with zero attached hydrogens (tertiary/aromatic N) is 3. The van der Waals surface area contributed by atoms with Gasteiger partial charge < -0.3 is 16.2 Å². The molecule has 3 aliphatic heterocycles. The standard InChI is InChI=1S/C24H29N5O2/c25-23(19-4-2-1-3-5-19)29-24-26-20(15-22(31)28(24)29)16-27-12-10-18(11-13-27)14-17-6-8-21(30)9-7-17/h1-9,15,18,23-24,26,30H,10-14,16,25H2/t23?,24?,28?,29-/m1/s1. The van der Waals surface area contributed by atoms with Gasteiger partial charge in [0.25, 0.3) is 5.91 Å². The van der Waals surface area contributed by atoms with Crippen molar-refractivity contribution in [3.8, 4) is 5.75 Å². The van der Waals surface area contributed by atoms with Gasteiger partial charge in [0.2, 0.25) is 0 Å². The number of phenolic OH excluding ortho intramolecular Hbond substituents is 1. The third-order valence-electron chi connectivity index (χ3n) is 6.50. The van der Waals surface area contributed by atoms with Crippen LogP contribution in [0.15, 0.2) is 66.4 Å². The van der Waals surface area contributed by atoms with Gasteiger partial charge in [0.15, 0.2) is 6.29 Å². The van der Waals surface area contributed by atoms with Crippen molar-refractivity contribution in [1.29, 1.82) is 0 Å². The van der Waals surface area contributed by atoms with Crippen LogP contribution in [0.2, 0.25) is 0 Å². The summed E-state index contributed by atoms with van der Waals surface area (Å²) in [5.74, 6) is 0.972. The Morgan fingerprint density at radius 2 is 1.77 bits per heavy atom. The van der Waals surface area contributed by atoms with Crippen molar-refractivity contribution in [3.05, 3.63) is 77.5 Å². The van der Waals surface area contributed by atoms with Crippen molar-refractivity contribution >= 4 is 5.91 Å². The zero-order valence-electron chi connectivity index (χ0n) is 17.5. The maximum absolute atomic E-state index is 12.6. The van der Waals surface area contributed by atoms with Crippen LogP contribution in [-0.2, 0) is 11.2 Å². The van der Waals surface area contributed by atoms with Crippen LogP contribution in [0.3, 0.4) is 0 Å². The van der Waals surface area contributed by atoms with Gasteiger partial charge in [-0.25, -0.2) is 5.01 Å². The number of nitrogens with one attached hydrogen (secondary N) is 1. The molecule has 5 rings (SSSR count). The second-order valence-corrected chi connectivity index (χ2v) is 8.70. The third kappa shape index (κ3) is 4.30. The number of benzene rings is 2. The minimum Gasteiger partial charge on any atom is -0.508 e. The van der Waals surface area contributed by atoms with Gasteiger partial charge >= 0.3 is 0 Å². The molecule has 31 heavy (non-hydrogen) atoms. The highest BCUT2D eigenvalue weighted by atomic mass is 16.3. The number of amides is 1. The molecule has 0 spiro atoms. The molecule has 7 nitrogen and oxygen atoms in total. The van der Waals surface area contributed by atoms with Crippen molar-refractivity contribution in [2.75, 3.05) is 19.6 Å². The van der Waals surface area contributed by atoms with Crippen LogP contribution in [0, 0.1) is 5.92 Å². The Labute approximate surface area is 182 Å². The van der Waals surface area contributed by atoms with Gasteiger partial charge in [-0.2, -0.15) is 5.01 Å². The zero-order valence-corrected chi connectivity index (χ0v) is 17.5. The number of hydrazine groups is 1. The molecule has 1 amide bonds. The Morgan fingerprint density at radius 3 is 2.48 bits per heavy atom. The number of aromatic hydroxyl groups is 1. The number of fused-ring (bicyclic) bond motifs is 1. The Kier molecular flexibility index (Phi) is 5.40. The summed E-state index contributed by atoms with van der Waals surface area (Å²) >= 11 is 0. The number of nitrogens with two attached hydrogens (primary N) is 1. The van der Waals surface area contributed by atoms with E-state index in [1.807, 2.05) is 47.5 Å². The van der Waals surface area contributed by atoms with E-state index in [0.717, 1.165) is 50.2 Å². The summed E-state index contributed by atoms with van der Waals surface area (Å²) in [5, 5.41) is 16.5. The lowest BCUT2D eigenvalue weighted by atomic mass is 9.90. The predicted octanol–water partition coefficient (Wildman–Crippen LogP) is 2.13. The molecule has 2 aromatic rings. The number of rotatable bonds is 6. The van der Waals surface area contributed by atoms with Gasteiger partial charge in [0.05, 0.1) is 0 Å². The molecule has 2 aromatic carbocycles. The molecule has 3 aliphatic rings. The largest absolute Gasteiger partial charge is 0.508 e. The number of hydrogen-bond acceptors (Lipinski definition) is 6. The molecule has 0 bridgehead atoms. The lowest BCUT2D eigenvalue weighted by Crippen LogP contribution is -2.40. The van der Waals surface area contributed by atoms with Crippen LogP contribution >= 0.6 is 0 Å². The highest BCUT2D eigenvalue weighted by molar-refractivity contribution is 5.90. The molecule has 0 radical (unpaired) electrons. The molecule has 7 heteroatoms. The number of phenols is 1. The van der Waals surface area contributed by atoms with Gasteiger partial charge in [0, 0.05) is 18.3 Å². The highest BCUT2D eigenvalue weighted by Crippen LogP contribution is 2.36. The van der Waals surface area contributed by atoms with E-state index >= 15 is 0 Å². The second kappa shape index (κ2) is 8.34. The van der Waals surface area contributed by atoms with Crippen LogP contribution in [0.25, 0.3) is 0 Å². The normalized spacial score (nSPS) is 24.9. The lowest BCUT2D eigenvalue weighted by molar-refractivity contribution is -0.124. The molecule has 2 fully saturated rings. The molecule has 3 atom stereocenters. The number of carbonyl (C=O) groups is 1. The summed E-state index contributed by atoms with van der Waals surface area (Å²) in [6.07, 6.45) is 4.54. The summed E-state index contributed by atoms with van der Waals surface area (Å²) in [6, 6.07) is 17.4. The first-order valence-corrected chi connectivity index (χ1v) is 11.0. The summed E-state index contributed by atoms with van der Waals surface area (Å²) in [4.78, 5) is 15.0. The Hall–Kier alpha value is -2.87. The fourth-order valence-electron chi connectivity index (χ4n) is 4.70. The van der Waals surface area contributed by atoms with Crippen LogP contribution in [-0.4, -0.2) is 51.9 Å². The van der Waals surface area contributed by atoms with E-state index in [1.165, 1.54) is 5.56 Å². The van der Waals surface area contributed by atoms with E-state index in [2.05, 4.69) is 10.2 Å². The van der Waals surface area contributed by atoms with Gasteiger partial charge in [-0.15, -0.1) is 0 Å². The Balaban J connectivity index is 1.12. The van der Waals surface area contributed by atoms with E-state index in [0.29, 0.717) is 11.7 Å². The average molecular weight is 420 g/mol. The second-order valence-electron chi connectivity index (χ2n) is 8.70. The smallest absolute Gasteiger partial charge is 0.265 e. The highest BCUT2D eigenvalue weighted by Gasteiger charge is 2.54. The maximum Gasteiger partial charge on any atom is 0.265 e. The third-order valence-corrected chi connectivity index (χ3v) is 6.50. The van der Waals surface area contributed by atoms with Crippen molar-refractivity contribution in [2.24, 2.45) is 11.7 Å². The summed E-state index contributed by atoms with van der Waals surface area (Å²) in [5.41, 5.74) is 9.62. The molecule has 2 unspecified atom stereocenters. The predicted molar refractivity (Wildman–Crippen MR) is 118 cm³/mol. The molecule has 0 aliphatic carbocycles. The molecule has 0 aromatic heterocycles. The summed E-state index contributed by atoms with van der Waals surface area (Å²) in [6.45, 7) is 2.81. The first kappa shape index (κ1) is 20.1. The number of hydrogen-bond donors (Lipinski definition) is 3. The molecule has 162 valence electrons. The van der Waals surface area contributed by atoms with Crippen LogP contribution < -0.4 is 11.1 Å².